The fraction of sp³-hybridized carbons (Fsp3) is 0.353. The first-order chi connectivity index (χ1) is 11.6. The van der Waals surface area contributed by atoms with Crippen molar-refractivity contribution >= 4 is 34.0 Å². The van der Waals surface area contributed by atoms with Crippen LogP contribution in [0, 0.1) is 0 Å². The molecule has 0 bridgehead atoms. The van der Waals surface area contributed by atoms with Gasteiger partial charge in [-0.25, -0.2) is 4.98 Å². The van der Waals surface area contributed by atoms with Gasteiger partial charge < -0.3 is 15.5 Å². The first-order valence-corrected chi connectivity index (χ1v) is 8.84. The summed E-state index contributed by atoms with van der Waals surface area (Å²) in [5, 5.41) is 8.36. The Kier molecular flexibility index (Phi) is 5.22. The summed E-state index contributed by atoms with van der Waals surface area (Å²) in [6.07, 6.45) is 3.18. The van der Waals surface area contributed by atoms with Crippen molar-refractivity contribution in [3.05, 3.63) is 41.4 Å². The number of nitrogens with one attached hydrogen (secondary N) is 2. The molecule has 2 N–H and O–H groups in total. The second-order valence-corrected chi connectivity index (χ2v) is 6.63. The molecule has 1 saturated heterocycles. The van der Waals surface area contributed by atoms with E-state index in [0.717, 1.165) is 24.2 Å². The zero-order valence-corrected chi connectivity index (χ0v) is 14.3. The molecule has 1 aromatic carbocycles. The molecule has 2 aromatic rings. The lowest BCUT2D eigenvalue weighted by molar-refractivity contribution is -0.117. The highest BCUT2D eigenvalue weighted by Crippen LogP contribution is 2.24. The number of thiazole rings is 1. The van der Waals surface area contributed by atoms with Crippen LogP contribution in [0.5, 0.6) is 0 Å². The van der Waals surface area contributed by atoms with Gasteiger partial charge in [-0.2, -0.15) is 0 Å². The summed E-state index contributed by atoms with van der Waals surface area (Å²) < 4.78 is 0. The van der Waals surface area contributed by atoms with Gasteiger partial charge in [0.05, 0.1) is 6.54 Å². The first kappa shape index (κ1) is 16.6. The molecule has 0 radical (unpaired) electrons. The first-order valence-electron chi connectivity index (χ1n) is 7.96. The van der Waals surface area contributed by atoms with E-state index in [1.165, 1.54) is 11.3 Å². The molecule has 1 unspecified atom stereocenters. The minimum Gasteiger partial charge on any atom is -0.312 e. The highest BCUT2D eigenvalue weighted by atomic mass is 32.1. The summed E-state index contributed by atoms with van der Waals surface area (Å²) in [5.74, 6) is 0.0539. The van der Waals surface area contributed by atoms with E-state index in [9.17, 15) is 9.59 Å². The third-order valence-electron chi connectivity index (χ3n) is 4.00. The fourth-order valence-corrected chi connectivity index (χ4v) is 3.24. The summed E-state index contributed by atoms with van der Waals surface area (Å²) in [5.41, 5.74) is 1.98. The van der Waals surface area contributed by atoms with Crippen molar-refractivity contribution in [2.24, 2.45) is 0 Å². The fourth-order valence-electron chi connectivity index (χ4n) is 2.70. The molecule has 1 aliphatic heterocycles. The molecule has 0 saturated carbocycles. The van der Waals surface area contributed by atoms with Crippen molar-refractivity contribution in [1.82, 2.24) is 10.3 Å². The molecule has 0 aliphatic carbocycles. The normalized spacial score (nSPS) is 15.5. The zero-order valence-electron chi connectivity index (χ0n) is 13.5. The van der Waals surface area contributed by atoms with Gasteiger partial charge in [0.25, 0.3) is 0 Å². The molecule has 2 amide bonds. The van der Waals surface area contributed by atoms with Gasteiger partial charge in [-0.1, -0.05) is 12.1 Å². The molecule has 24 heavy (non-hydrogen) atoms. The van der Waals surface area contributed by atoms with E-state index < -0.39 is 0 Å². The molecule has 0 spiro atoms. The van der Waals surface area contributed by atoms with Gasteiger partial charge >= 0.3 is 0 Å². The number of carbonyl (C=O) groups is 2. The largest absolute Gasteiger partial charge is 0.312 e. The molecule has 1 aliphatic rings. The van der Waals surface area contributed by atoms with Crippen LogP contribution in [-0.4, -0.2) is 29.9 Å². The van der Waals surface area contributed by atoms with Crippen LogP contribution in [0.2, 0.25) is 0 Å². The zero-order chi connectivity index (χ0) is 16.9. The number of aromatic nitrogens is 1. The van der Waals surface area contributed by atoms with E-state index in [0.29, 0.717) is 11.6 Å². The molecule has 3 rings (SSSR count). The number of carbonyl (C=O) groups excluding carboxylic acids is 2. The van der Waals surface area contributed by atoms with Crippen LogP contribution in [0.3, 0.4) is 0 Å². The maximum Gasteiger partial charge on any atom is 0.240 e. The van der Waals surface area contributed by atoms with Gasteiger partial charge in [-0.3, -0.25) is 9.59 Å². The summed E-state index contributed by atoms with van der Waals surface area (Å²) >= 11 is 1.39. The quantitative estimate of drug-likeness (QED) is 0.845. The van der Waals surface area contributed by atoms with Gasteiger partial charge in [0, 0.05) is 36.3 Å². The van der Waals surface area contributed by atoms with Gasteiger partial charge in [-0.15, -0.1) is 11.3 Å². The van der Waals surface area contributed by atoms with Crippen molar-refractivity contribution in [2.45, 2.75) is 25.8 Å². The minimum absolute atomic E-state index is 0.00435. The topological polar surface area (TPSA) is 74.3 Å². The molecule has 126 valence electrons. The van der Waals surface area contributed by atoms with Crippen molar-refractivity contribution in [3.63, 3.8) is 0 Å². The molecular weight excluding hydrogens is 324 g/mol. The number of amides is 2. The average molecular weight is 344 g/mol. The maximum atomic E-state index is 11.9. The smallest absolute Gasteiger partial charge is 0.240 e. The highest BCUT2D eigenvalue weighted by molar-refractivity contribution is 7.13. The van der Waals surface area contributed by atoms with E-state index in [1.807, 2.05) is 41.5 Å². The maximum absolute atomic E-state index is 11.9. The Labute approximate surface area is 144 Å². The molecule has 1 fully saturated rings. The summed E-state index contributed by atoms with van der Waals surface area (Å²) in [6, 6.07) is 7.92. The van der Waals surface area contributed by atoms with Gasteiger partial charge in [0.15, 0.2) is 5.13 Å². The van der Waals surface area contributed by atoms with Crippen LogP contribution >= 0.6 is 11.3 Å². The molecular formula is C17H20N4O2S. The van der Waals surface area contributed by atoms with Crippen molar-refractivity contribution in [3.8, 4) is 0 Å². The monoisotopic (exact) mass is 344 g/mol. The van der Waals surface area contributed by atoms with Crippen molar-refractivity contribution < 1.29 is 9.59 Å². The number of rotatable bonds is 6. The van der Waals surface area contributed by atoms with E-state index in [4.69, 9.17) is 0 Å². The second-order valence-electron chi connectivity index (χ2n) is 5.73. The predicted molar refractivity (Wildman–Crippen MR) is 95.2 cm³/mol. The second kappa shape index (κ2) is 7.55. The third kappa shape index (κ3) is 3.98. The predicted octanol–water partition coefficient (Wildman–Crippen LogP) is 2.56. The highest BCUT2D eigenvalue weighted by Gasteiger charge is 2.22. The Morgan fingerprint density at radius 1 is 1.46 bits per heavy atom. The van der Waals surface area contributed by atoms with Crippen LogP contribution in [0.1, 0.15) is 31.4 Å². The van der Waals surface area contributed by atoms with Gasteiger partial charge in [0.1, 0.15) is 0 Å². The van der Waals surface area contributed by atoms with E-state index in [2.05, 4.69) is 15.6 Å². The van der Waals surface area contributed by atoms with E-state index in [-0.39, 0.29) is 24.4 Å². The van der Waals surface area contributed by atoms with Gasteiger partial charge in [-0.05, 0) is 31.0 Å². The Balaban J connectivity index is 1.57. The van der Waals surface area contributed by atoms with Crippen molar-refractivity contribution in [1.29, 1.82) is 0 Å². The van der Waals surface area contributed by atoms with E-state index >= 15 is 0 Å². The van der Waals surface area contributed by atoms with Crippen LogP contribution < -0.4 is 15.5 Å². The summed E-state index contributed by atoms with van der Waals surface area (Å²) in [4.78, 5) is 29.6. The van der Waals surface area contributed by atoms with Crippen molar-refractivity contribution in [2.75, 3.05) is 23.3 Å². The number of hydrogen-bond donors (Lipinski definition) is 2. The van der Waals surface area contributed by atoms with Crippen LogP contribution in [-0.2, 0) is 9.59 Å². The Morgan fingerprint density at radius 3 is 3.04 bits per heavy atom. The Bertz CT molecular complexity index is 717. The lowest BCUT2D eigenvalue weighted by atomic mass is 10.1. The number of nitrogens with zero attached hydrogens (tertiary/aromatic N) is 2. The van der Waals surface area contributed by atoms with Crippen LogP contribution in [0.15, 0.2) is 35.8 Å². The average Bonchev–Trinajstić information content (AvgIpc) is 3.24. The van der Waals surface area contributed by atoms with Gasteiger partial charge in [0.2, 0.25) is 11.8 Å². The van der Waals surface area contributed by atoms with Crippen LogP contribution in [0.25, 0.3) is 0 Å². The third-order valence-corrected chi connectivity index (χ3v) is 4.69. The Hall–Kier alpha value is -2.25. The number of benzene rings is 1. The molecule has 1 aromatic heterocycles. The minimum atomic E-state index is -0.123. The lowest BCUT2D eigenvalue weighted by Gasteiger charge is -2.19. The van der Waals surface area contributed by atoms with E-state index in [1.54, 1.807) is 6.20 Å². The van der Waals surface area contributed by atoms with Crippen LogP contribution in [0.4, 0.5) is 10.8 Å². The number of anilines is 2. The molecule has 6 nitrogen and oxygen atoms in total. The molecule has 7 heteroatoms. The summed E-state index contributed by atoms with van der Waals surface area (Å²) in [6.45, 7) is 2.98. The summed E-state index contributed by atoms with van der Waals surface area (Å²) in [7, 11) is 0. The Morgan fingerprint density at radius 2 is 2.33 bits per heavy atom. The molecule has 2 heterocycles. The standard InChI is InChI=1S/C17H20N4O2S/c1-12(19-11-15(22)20-17-18-7-9-24-17)13-4-2-5-14(10-13)21-8-3-6-16(21)23/h2,4-5,7,9-10,12,19H,3,6,8,11H2,1H3,(H,18,20,22). The number of hydrogen-bond acceptors (Lipinski definition) is 5. The molecule has 1 atom stereocenters. The SMILES string of the molecule is CC(NCC(=O)Nc1nccs1)c1cccc(N2CCCC2=O)c1. The lowest BCUT2D eigenvalue weighted by Crippen LogP contribution is -2.30.